The highest BCUT2D eigenvalue weighted by Gasteiger charge is 2.39. The molecule has 3 heterocycles. The Kier molecular flexibility index (Phi) is 4.43. The first-order chi connectivity index (χ1) is 12.2. The van der Waals surface area contributed by atoms with E-state index < -0.39 is 0 Å². The lowest BCUT2D eigenvalue weighted by molar-refractivity contribution is 0.0931. The van der Waals surface area contributed by atoms with Gasteiger partial charge in [-0.15, -0.1) is 0 Å². The van der Waals surface area contributed by atoms with E-state index in [1.807, 2.05) is 36.4 Å². The van der Waals surface area contributed by atoms with Crippen molar-refractivity contribution in [2.24, 2.45) is 0 Å². The van der Waals surface area contributed by atoms with Crippen LogP contribution in [0.1, 0.15) is 35.3 Å². The van der Waals surface area contributed by atoms with E-state index in [9.17, 15) is 4.79 Å². The van der Waals surface area contributed by atoms with Gasteiger partial charge in [-0.05, 0) is 55.7 Å². The highest BCUT2D eigenvalue weighted by Crippen LogP contribution is 2.29. The van der Waals surface area contributed by atoms with E-state index in [0.29, 0.717) is 23.3 Å². The quantitative estimate of drug-likeness (QED) is 0.886. The lowest BCUT2D eigenvalue weighted by Gasteiger charge is -2.21. The van der Waals surface area contributed by atoms with Gasteiger partial charge in [-0.2, -0.15) is 5.26 Å². The Bertz CT molecular complexity index is 830. The maximum Gasteiger partial charge on any atom is 0.251 e. The van der Waals surface area contributed by atoms with Gasteiger partial charge in [0.15, 0.2) is 0 Å². The van der Waals surface area contributed by atoms with E-state index in [0.717, 1.165) is 22.6 Å². The summed E-state index contributed by atoms with van der Waals surface area (Å²) in [5.74, 6) is -0.00780. The second-order valence-corrected chi connectivity index (χ2v) is 7.63. The van der Waals surface area contributed by atoms with Gasteiger partial charge < -0.3 is 10.6 Å². The third-order valence-corrected chi connectivity index (χ3v) is 5.81. The summed E-state index contributed by atoms with van der Waals surface area (Å²) in [6.07, 6.45) is 5.05. The molecule has 0 radical (unpaired) electrons. The van der Waals surface area contributed by atoms with Crippen molar-refractivity contribution in [2.75, 3.05) is 0 Å². The Morgan fingerprint density at radius 3 is 2.76 bits per heavy atom. The second kappa shape index (κ2) is 6.87. The van der Waals surface area contributed by atoms with Gasteiger partial charge in [-0.25, -0.2) is 4.98 Å². The molecule has 2 aromatic rings. The smallest absolute Gasteiger partial charge is 0.251 e. The standard InChI is InChI=1S/C19H18N4OS/c20-11-14-9-16(7-8-21-14)25-15-4-1-12(2-5-15)19(24)23-18-10-13-3-6-17(18)22-13/h1-2,4-5,7-9,13,17-18,22H,3,6,10H2,(H,23,24). The third kappa shape index (κ3) is 3.53. The third-order valence-electron chi connectivity index (χ3n) is 4.81. The summed E-state index contributed by atoms with van der Waals surface area (Å²) in [4.78, 5) is 18.4. The molecule has 6 heteroatoms. The number of carbonyl (C=O) groups excluding carboxylic acids is 1. The van der Waals surface area contributed by atoms with Crippen LogP contribution < -0.4 is 10.6 Å². The van der Waals surface area contributed by atoms with E-state index in [1.54, 1.807) is 24.0 Å². The van der Waals surface area contributed by atoms with E-state index in [2.05, 4.69) is 15.6 Å². The van der Waals surface area contributed by atoms with Crippen LogP contribution in [-0.2, 0) is 0 Å². The largest absolute Gasteiger partial charge is 0.348 e. The lowest BCUT2D eigenvalue weighted by atomic mass is 9.95. The topological polar surface area (TPSA) is 77.8 Å². The lowest BCUT2D eigenvalue weighted by Crippen LogP contribution is -2.42. The number of nitrogens with zero attached hydrogens (tertiary/aromatic N) is 2. The van der Waals surface area contributed by atoms with Crippen molar-refractivity contribution in [1.29, 1.82) is 5.26 Å². The molecule has 2 saturated heterocycles. The highest BCUT2D eigenvalue weighted by molar-refractivity contribution is 7.99. The van der Waals surface area contributed by atoms with Crippen LogP contribution in [0.2, 0.25) is 0 Å². The molecular weight excluding hydrogens is 332 g/mol. The van der Waals surface area contributed by atoms with Crippen molar-refractivity contribution in [1.82, 2.24) is 15.6 Å². The molecule has 1 aromatic carbocycles. The molecule has 3 unspecified atom stereocenters. The van der Waals surface area contributed by atoms with Crippen LogP contribution in [0.5, 0.6) is 0 Å². The Labute approximate surface area is 150 Å². The highest BCUT2D eigenvalue weighted by atomic mass is 32.2. The summed E-state index contributed by atoms with van der Waals surface area (Å²) in [7, 11) is 0. The van der Waals surface area contributed by atoms with E-state index >= 15 is 0 Å². The van der Waals surface area contributed by atoms with Crippen molar-refractivity contribution >= 4 is 17.7 Å². The molecule has 3 atom stereocenters. The molecule has 1 amide bonds. The Hall–Kier alpha value is -2.36. The molecule has 2 N–H and O–H groups in total. The Morgan fingerprint density at radius 1 is 1.24 bits per heavy atom. The molecule has 1 aromatic heterocycles. The second-order valence-electron chi connectivity index (χ2n) is 6.48. The average molecular weight is 350 g/mol. The minimum Gasteiger partial charge on any atom is -0.348 e. The zero-order chi connectivity index (χ0) is 17.2. The summed E-state index contributed by atoms with van der Waals surface area (Å²) in [6, 6.07) is 14.5. The molecule has 4 rings (SSSR count). The van der Waals surface area contributed by atoms with Crippen LogP contribution in [0.4, 0.5) is 0 Å². The predicted molar refractivity (Wildman–Crippen MR) is 95.3 cm³/mol. The zero-order valence-electron chi connectivity index (χ0n) is 13.6. The first kappa shape index (κ1) is 16.1. The molecule has 0 saturated carbocycles. The fraction of sp³-hybridized carbons (Fsp3) is 0.316. The van der Waals surface area contributed by atoms with Gasteiger partial charge >= 0.3 is 0 Å². The average Bonchev–Trinajstić information content (AvgIpc) is 3.25. The maximum atomic E-state index is 12.4. The van der Waals surface area contributed by atoms with Gasteiger partial charge in [-0.3, -0.25) is 4.79 Å². The van der Waals surface area contributed by atoms with Gasteiger partial charge in [0.05, 0.1) is 0 Å². The van der Waals surface area contributed by atoms with Crippen molar-refractivity contribution in [3.05, 3.63) is 53.9 Å². The SMILES string of the molecule is N#Cc1cc(Sc2ccc(C(=O)NC3CC4CCC3N4)cc2)ccn1. The number of rotatable bonds is 4. The van der Waals surface area contributed by atoms with Gasteiger partial charge in [-0.1, -0.05) is 11.8 Å². The summed E-state index contributed by atoms with van der Waals surface area (Å²) in [5.41, 5.74) is 1.08. The molecule has 0 spiro atoms. The number of hydrogen-bond donors (Lipinski definition) is 2. The number of amides is 1. The first-order valence-corrected chi connectivity index (χ1v) is 9.24. The van der Waals surface area contributed by atoms with Crippen LogP contribution in [0, 0.1) is 11.3 Å². The molecule has 2 bridgehead atoms. The number of benzene rings is 1. The van der Waals surface area contributed by atoms with Crippen molar-refractivity contribution in [2.45, 2.75) is 47.2 Å². The molecule has 5 nitrogen and oxygen atoms in total. The molecular formula is C19H18N4OS. The molecule has 2 aliphatic heterocycles. The number of pyridine rings is 1. The molecule has 2 fully saturated rings. The number of carbonyl (C=O) groups is 1. The summed E-state index contributed by atoms with van der Waals surface area (Å²) >= 11 is 1.55. The molecule has 25 heavy (non-hydrogen) atoms. The van der Waals surface area contributed by atoms with Crippen molar-refractivity contribution < 1.29 is 4.79 Å². The minimum absolute atomic E-state index is 0.00780. The summed E-state index contributed by atoms with van der Waals surface area (Å²) < 4.78 is 0. The van der Waals surface area contributed by atoms with E-state index in [4.69, 9.17) is 5.26 Å². The Morgan fingerprint density at radius 2 is 2.08 bits per heavy atom. The fourth-order valence-corrected chi connectivity index (χ4v) is 4.43. The van der Waals surface area contributed by atoms with E-state index in [-0.39, 0.29) is 11.9 Å². The molecule has 0 aliphatic carbocycles. The van der Waals surface area contributed by atoms with E-state index in [1.165, 1.54) is 6.42 Å². The minimum atomic E-state index is -0.00780. The predicted octanol–water partition coefficient (Wildman–Crippen LogP) is 2.73. The van der Waals surface area contributed by atoms with Gasteiger partial charge in [0, 0.05) is 39.7 Å². The monoisotopic (exact) mass is 350 g/mol. The van der Waals surface area contributed by atoms with Crippen LogP contribution in [0.15, 0.2) is 52.4 Å². The zero-order valence-corrected chi connectivity index (χ0v) is 14.4. The first-order valence-electron chi connectivity index (χ1n) is 8.42. The van der Waals surface area contributed by atoms with Crippen LogP contribution in [0.3, 0.4) is 0 Å². The number of nitriles is 1. The van der Waals surface area contributed by atoms with Crippen LogP contribution in [-0.4, -0.2) is 29.0 Å². The number of aromatic nitrogens is 1. The number of fused-ring (bicyclic) bond motifs is 2. The van der Waals surface area contributed by atoms with Gasteiger partial charge in [0.1, 0.15) is 11.8 Å². The number of hydrogen-bond acceptors (Lipinski definition) is 5. The van der Waals surface area contributed by atoms with Gasteiger partial charge in [0.2, 0.25) is 0 Å². The Balaban J connectivity index is 1.39. The summed E-state index contributed by atoms with van der Waals surface area (Å²) in [6.45, 7) is 0. The molecule has 126 valence electrons. The molecule has 2 aliphatic rings. The fourth-order valence-electron chi connectivity index (χ4n) is 3.58. The van der Waals surface area contributed by atoms with Crippen LogP contribution in [0.25, 0.3) is 0 Å². The van der Waals surface area contributed by atoms with Crippen molar-refractivity contribution in [3.63, 3.8) is 0 Å². The maximum absolute atomic E-state index is 12.4. The number of nitrogens with one attached hydrogen (secondary N) is 2. The normalized spacial score (nSPS) is 24.0. The van der Waals surface area contributed by atoms with Gasteiger partial charge in [0.25, 0.3) is 5.91 Å². The summed E-state index contributed by atoms with van der Waals surface area (Å²) in [5, 5.41) is 15.6. The van der Waals surface area contributed by atoms with Crippen molar-refractivity contribution in [3.8, 4) is 6.07 Å². The van der Waals surface area contributed by atoms with Crippen LogP contribution >= 0.6 is 11.8 Å².